The molecule has 116 valence electrons. The van der Waals surface area contributed by atoms with Crippen LogP contribution in [0.3, 0.4) is 0 Å². The lowest BCUT2D eigenvalue weighted by Crippen LogP contribution is -2.53. The minimum atomic E-state index is -0.539. The second-order valence-electron chi connectivity index (χ2n) is 6.10. The summed E-state index contributed by atoms with van der Waals surface area (Å²) in [6, 6.07) is -0.349. The summed E-state index contributed by atoms with van der Waals surface area (Å²) < 4.78 is 10.4. The number of rotatable bonds is 4. The van der Waals surface area contributed by atoms with Gasteiger partial charge in [0.1, 0.15) is 5.60 Å². The quantitative estimate of drug-likeness (QED) is 0.618. The van der Waals surface area contributed by atoms with Gasteiger partial charge in [-0.15, -0.1) is 0 Å². The first-order valence-electron chi connectivity index (χ1n) is 7.14. The molecule has 0 radical (unpaired) electrons. The maximum Gasteiger partial charge on any atom is 0.311 e. The molecular formula is C14H26N2O4. The van der Waals surface area contributed by atoms with Gasteiger partial charge in [-0.1, -0.05) is 0 Å². The second-order valence-corrected chi connectivity index (χ2v) is 6.10. The summed E-state index contributed by atoms with van der Waals surface area (Å²) in [6.45, 7) is 8.23. The summed E-state index contributed by atoms with van der Waals surface area (Å²) in [7, 11) is 0. The van der Waals surface area contributed by atoms with Gasteiger partial charge >= 0.3 is 11.9 Å². The van der Waals surface area contributed by atoms with E-state index in [2.05, 4.69) is 0 Å². The van der Waals surface area contributed by atoms with Crippen molar-refractivity contribution in [3.8, 4) is 0 Å². The van der Waals surface area contributed by atoms with Crippen LogP contribution in [0.5, 0.6) is 0 Å². The molecule has 1 heterocycles. The van der Waals surface area contributed by atoms with Crippen molar-refractivity contribution in [2.24, 2.45) is 11.8 Å². The normalized spacial score (nSPS) is 24.2. The monoisotopic (exact) mass is 286 g/mol. The van der Waals surface area contributed by atoms with Crippen LogP contribution in [-0.4, -0.2) is 41.7 Å². The first kappa shape index (κ1) is 16.9. The van der Waals surface area contributed by atoms with E-state index >= 15 is 0 Å². The summed E-state index contributed by atoms with van der Waals surface area (Å²) in [6.07, 6.45) is 1.63. The van der Waals surface area contributed by atoms with Crippen molar-refractivity contribution in [2.45, 2.75) is 58.6 Å². The molecule has 0 aliphatic carbocycles. The first-order chi connectivity index (χ1) is 9.24. The molecule has 6 heteroatoms. The van der Waals surface area contributed by atoms with Gasteiger partial charge in [0.15, 0.2) is 0 Å². The van der Waals surface area contributed by atoms with E-state index in [9.17, 15) is 9.59 Å². The molecule has 1 aliphatic heterocycles. The van der Waals surface area contributed by atoms with Crippen molar-refractivity contribution in [3.63, 3.8) is 0 Å². The molecule has 0 aromatic heterocycles. The van der Waals surface area contributed by atoms with E-state index in [1.54, 1.807) is 11.9 Å². The zero-order valence-electron chi connectivity index (χ0n) is 12.8. The highest BCUT2D eigenvalue weighted by Crippen LogP contribution is 2.27. The van der Waals surface area contributed by atoms with Crippen molar-refractivity contribution in [2.75, 3.05) is 13.2 Å². The average molecular weight is 286 g/mol. The molecule has 1 rings (SSSR count). The Kier molecular flexibility index (Phi) is 5.95. The van der Waals surface area contributed by atoms with Crippen LogP contribution in [0, 0.1) is 5.92 Å². The van der Waals surface area contributed by atoms with Crippen LogP contribution in [0.25, 0.3) is 0 Å². The van der Waals surface area contributed by atoms with Gasteiger partial charge in [0.05, 0.1) is 18.9 Å². The topological polar surface area (TPSA) is 81.9 Å². The fourth-order valence-electron chi connectivity index (χ4n) is 2.39. The molecular weight excluding hydrogens is 260 g/mol. The first-order valence-corrected chi connectivity index (χ1v) is 7.14. The van der Waals surface area contributed by atoms with Crippen LogP contribution < -0.4 is 5.84 Å². The Morgan fingerprint density at radius 1 is 1.35 bits per heavy atom. The number of nitrogens with zero attached hydrogens (tertiary/aromatic N) is 1. The predicted molar refractivity (Wildman–Crippen MR) is 74.5 cm³/mol. The Hall–Kier alpha value is -1.14. The average Bonchev–Trinajstić information content (AvgIpc) is 2.29. The van der Waals surface area contributed by atoms with Gasteiger partial charge < -0.3 is 9.47 Å². The maximum absolute atomic E-state index is 12.3. The molecule has 1 aliphatic rings. The number of hydrogen-bond donors (Lipinski definition) is 1. The third-order valence-electron chi connectivity index (χ3n) is 3.21. The van der Waals surface area contributed by atoms with E-state index in [0.717, 1.165) is 6.42 Å². The van der Waals surface area contributed by atoms with Crippen LogP contribution in [0.2, 0.25) is 0 Å². The van der Waals surface area contributed by atoms with Gasteiger partial charge in [-0.2, -0.15) is 0 Å². The Morgan fingerprint density at radius 2 is 2.00 bits per heavy atom. The van der Waals surface area contributed by atoms with Crippen LogP contribution >= 0.6 is 0 Å². The number of ether oxygens (including phenoxy) is 2. The number of nitrogens with two attached hydrogens (primary N) is 1. The fourth-order valence-corrected chi connectivity index (χ4v) is 2.39. The van der Waals surface area contributed by atoms with Crippen molar-refractivity contribution in [1.82, 2.24) is 5.01 Å². The molecule has 0 spiro atoms. The summed E-state index contributed by atoms with van der Waals surface area (Å²) in [5, 5.41) is 1.56. The number of hydrazine groups is 1. The lowest BCUT2D eigenvalue weighted by molar-refractivity contribution is -0.165. The number of piperidine rings is 1. The highest BCUT2D eigenvalue weighted by molar-refractivity contribution is 5.76. The third kappa shape index (κ3) is 5.09. The van der Waals surface area contributed by atoms with E-state index in [4.69, 9.17) is 15.3 Å². The van der Waals surface area contributed by atoms with Gasteiger partial charge in [0.2, 0.25) is 0 Å². The second kappa shape index (κ2) is 7.04. The highest BCUT2D eigenvalue weighted by Gasteiger charge is 2.38. The molecule has 1 saturated heterocycles. The molecule has 0 bridgehead atoms. The van der Waals surface area contributed by atoms with Crippen molar-refractivity contribution < 1.29 is 19.1 Å². The molecule has 0 aromatic carbocycles. The number of carbonyl (C=O) groups is 2. The van der Waals surface area contributed by atoms with Crippen molar-refractivity contribution >= 4 is 11.9 Å². The van der Waals surface area contributed by atoms with Gasteiger partial charge in [0.25, 0.3) is 0 Å². The van der Waals surface area contributed by atoms with E-state index in [0.29, 0.717) is 19.6 Å². The van der Waals surface area contributed by atoms with Crippen molar-refractivity contribution in [3.05, 3.63) is 0 Å². The lowest BCUT2D eigenvalue weighted by atomic mass is 9.88. The molecule has 2 atom stereocenters. The van der Waals surface area contributed by atoms with E-state index in [1.165, 1.54) is 0 Å². The maximum atomic E-state index is 12.3. The molecule has 2 N–H and O–H groups in total. The Labute approximate surface area is 120 Å². The third-order valence-corrected chi connectivity index (χ3v) is 3.21. The molecule has 0 unspecified atom stereocenters. The SMILES string of the molecule is CCOC(=O)C[C@@H]1[C@@H](C(=O)OC(C)(C)C)CCCN1N. The Bertz CT molecular complexity index is 352. The Balaban J connectivity index is 2.74. The minimum Gasteiger partial charge on any atom is -0.466 e. The van der Waals surface area contributed by atoms with Crippen LogP contribution in [0.15, 0.2) is 0 Å². The Morgan fingerprint density at radius 3 is 2.55 bits per heavy atom. The van der Waals surface area contributed by atoms with Gasteiger partial charge in [-0.05, 0) is 40.5 Å². The van der Waals surface area contributed by atoms with Crippen LogP contribution in [0.1, 0.15) is 47.0 Å². The standard InChI is InChI=1S/C14H26N2O4/c1-5-19-12(17)9-11-10(7-6-8-16(11)15)13(18)20-14(2,3)4/h10-11H,5-9,15H2,1-4H3/t10-,11+/m0/s1. The van der Waals surface area contributed by atoms with E-state index in [1.807, 2.05) is 20.8 Å². The smallest absolute Gasteiger partial charge is 0.311 e. The largest absolute Gasteiger partial charge is 0.466 e. The summed E-state index contributed by atoms with van der Waals surface area (Å²) in [5.74, 6) is 4.94. The highest BCUT2D eigenvalue weighted by atomic mass is 16.6. The summed E-state index contributed by atoms with van der Waals surface area (Å²) in [4.78, 5) is 23.9. The molecule has 0 aromatic rings. The fraction of sp³-hybridized carbons (Fsp3) is 0.857. The number of esters is 2. The zero-order valence-corrected chi connectivity index (χ0v) is 12.8. The predicted octanol–water partition coefficient (Wildman–Crippen LogP) is 1.24. The van der Waals surface area contributed by atoms with Gasteiger partial charge in [0, 0.05) is 12.6 Å². The van der Waals surface area contributed by atoms with Gasteiger partial charge in [-0.25, -0.2) is 5.01 Å². The molecule has 1 fully saturated rings. The zero-order chi connectivity index (χ0) is 15.3. The molecule has 0 saturated carbocycles. The summed E-state index contributed by atoms with van der Waals surface area (Å²) >= 11 is 0. The van der Waals surface area contributed by atoms with E-state index in [-0.39, 0.29) is 30.3 Å². The number of hydrogen-bond acceptors (Lipinski definition) is 6. The van der Waals surface area contributed by atoms with E-state index < -0.39 is 5.60 Å². The molecule has 0 amide bonds. The lowest BCUT2D eigenvalue weighted by Gasteiger charge is -2.37. The van der Waals surface area contributed by atoms with Gasteiger partial charge in [-0.3, -0.25) is 15.4 Å². The van der Waals surface area contributed by atoms with Crippen molar-refractivity contribution in [1.29, 1.82) is 0 Å². The number of carbonyl (C=O) groups excluding carboxylic acids is 2. The molecule has 20 heavy (non-hydrogen) atoms. The molecule has 6 nitrogen and oxygen atoms in total. The summed E-state index contributed by atoms with van der Waals surface area (Å²) in [5.41, 5.74) is -0.539. The van der Waals surface area contributed by atoms with Crippen LogP contribution in [0.4, 0.5) is 0 Å². The van der Waals surface area contributed by atoms with Crippen LogP contribution in [-0.2, 0) is 19.1 Å². The minimum absolute atomic E-state index is 0.119.